The average molecular weight is 399 g/mol. The highest BCUT2D eigenvalue weighted by atomic mass is 16.5. The largest absolute Gasteiger partial charge is 0.376 e. The summed E-state index contributed by atoms with van der Waals surface area (Å²) in [6.07, 6.45) is 5.81. The van der Waals surface area contributed by atoms with Gasteiger partial charge in [0.25, 0.3) is 5.91 Å². The number of carbonyl (C=O) groups is 1. The smallest absolute Gasteiger partial charge is 0.258 e. The van der Waals surface area contributed by atoms with Crippen molar-refractivity contribution < 1.29 is 18.8 Å². The molecule has 0 aromatic carbocycles. The lowest BCUT2D eigenvalue weighted by Crippen LogP contribution is -2.47. The summed E-state index contributed by atoms with van der Waals surface area (Å²) < 4.78 is 16.6. The number of rotatable bonds is 2. The lowest BCUT2D eigenvalue weighted by atomic mass is 9.80. The molecule has 0 saturated carbocycles. The van der Waals surface area contributed by atoms with Gasteiger partial charge in [0.05, 0.1) is 48.3 Å². The van der Waals surface area contributed by atoms with Crippen LogP contribution in [0.25, 0.3) is 0 Å². The van der Waals surface area contributed by atoms with Crippen LogP contribution in [0.15, 0.2) is 23.2 Å². The number of aromatic nitrogens is 3. The van der Waals surface area contributed by atoms with Crippen molar-refractivity contribution in [3.63, 3.8) is 0 Å². The maximum Gasteiger partial charge on any atom is 0.258 e. The number of hydrogen-bond acceptors (Lipinski definition) is 8. The van der Waals surface area contributed by atoms with Crippen molar-refractivity contribution in [1.82, 2.24) is 20.0 Å². The molecule has 0 unspecified atom stereocenters. The molecule has 9 heteroatoms. The first-order chi connectivity index (χ1) is 14.0. The normalized spacial score (nSPS) is 29.3. The van der Waals surface area contributed by atoms with Gasteiger partial charge in [-0.1, -0.05) is 5.16 Å². The van der Waals surface area contributed by atoms with Crippen molar-refractivity contribution in [1.29, 1.82) is 0 Å². The van der Waals surface area contributed by atoms with Crippen molar-refractivity contribution in [2.75, 3.05) is 37.7 Å². The fourth-order valence-electron chi connectivity index (χ4n) is 4.73. The summed E-state index contributed by atoms with van der Waals surface area (Å²) in [5.41, 5.74) is 2.19. The van der Waals surface area contributed by atoms with Crippen LogP contribution >= 0.6 is 0 Å². The second kappa shape index (κ2) is 7.07. The molecule has 1 amide bonds. The second-order valence-corrected chi connectivity index (χ2v) is 8.37. The molecule has 5 rings (SSSR count). The predicted molar refractivity (Wildman–Crippen MR) is 103 cm³/mol. The molecular formula is C20H25N5O4. The van der Waals surface area contributed by atoms with Crippen molar-refractivity contribution in [2.45, 2.75) is 44.5 Å². The maximum absolute atomic E-state index is 12.8. The van der Waals surface area contributed by atoms with E-state index in [0.717, 1.165) is 36.7 Å². The lowest BCUT2D eigenvalue weighted by Gasteiger charge is -2.38. The monoisotopic (exact) mass is 399 g/mol. The number of nitrogens with zero attached hydrogens (tertiary/aromatic N) is 5. The molecule has 0 radical (unpaired) electrons. The Labute approximate surface area is 169 Å². The van der Waals surface area contributed by atoms with E-state index in [0.29, 0.717) is 31.9 Å². The standard InChI is InChI=1S/C20H25N5O4/c1-13-7-25(8-14(2)29-13)19-21-5-15-9-27-12-20(17(15)23-19)3-4-24(11-20)18(26)16-6-22-28-10-16/h5-6,10,13-14H,3-4,7-9,11-12H2,1-2H3/t13-,14-,20-/m0/s1. The summed E-state index contributed by atoms with van der Waals surface area (Å²) in [6.45, 7) is 7.96. The van der Waals surface area contributed by atoms with Gasteiger partial charge in [0.15, 0.2) is 0 Å². The second-order valence-electron chi connectivity index (χ2n) is 8.37. The van der Waals surface area contributed by atoms with Gasteiger partial charge in [0, 0.05) is 37.9 Å². The predicted octanol–water partition coefficient (Wildman–Crippen LogP) is 1.39. The van der Waals surface area contributed by atoms with Gasteiger partial charge in [-0.05, 0) is 20.3 Å². The van der Waals surface area contributed by atoms with Gasteiger partial charge < -0.3 is 23.8 Å². The van der Waals surface area contributed by atoms with Gasteiger partial charge in [-0.15, -0.1) is 0 Å². The minimum atomic E-state index is -0.304. The Kier molecular flexibility index (Phi) is 4.51. The molecule has 1 spiro atoms. The minimum Gasteiger partial charge on any atom is -0.376 e. The number of carbonyl (C=O) groups excluding carboxylic acids is 1. The average Bonchev–Trinajstić information content (AvgIpc) is 3.38. The first-order valence-corrected chi connectivity index (χ1v) is 10.1. The third-order valence-corrected chi connectivity index (χ3v) is 6.01. The Hall–Kier alpha value is -2.52. The Morgan fingerprint density at radius 1 is 1.24 bits per heavy atom. The van der Waals surface area contributed by atoms with Gasteiger partial charge in [-0.3, -0.25) is 4.79 Å². The summed E-state index contributed by atoms with van der Waals surface area (Å²) in [5.74, 6) is 0.663. The minimum absolute atomic E-state index is 0.0691. The molecule has 0 bridgehead atoms. The topological polar surface area (TPSA) is 93.8 Å². The number of hydrogen-bond donors (Lipinski definition) is 0. The Bertz CT molecular complexity index is 894. The van der Waals surface area contributed by atoms with Crippen molar-refractivity contribution in [3.05, 3.63) is 35.5 Å². The van der Waals surface area contributed by atoms with Crippen LogP contribution in [0.2, 0.25) is 0 Å². The number of morpholine rings is 1. The highest BCUT2D eigenvalue weighted by molar-refractivity contribution is 5.93. The summed E-state index contributed by atoms with van der Waals surface area (Å²) >= 11 is 0. The van der Waals surface area contributed by atoms with Crippen LogP contribution in [0.4, 0.5) is 5.95 Å². The summed E-state index contributed by atoms with van der Waals surface area (Å²) in [6, 6.07) is 0. The summed E-state index contributed by atoms with van der Waals surface area (Å²) in [4.78, 5) is 26.4. The van der Waals surface area contributed by atoms with E-state index in [1.807, 2.05) is 11.1 Å². The van der Waals surface area contributed by atoms with Crippen molar-refractivity contribution in [2.24, 2.45) is 0 Å². The number of ether oxygens (including phenoxy) is 2. The highest BCUT2D eigenvalue weighted by Crippen LogP contribution is 2.40. The van der Waals surface area contributed by atoms with E-state index >= 15 is 0 Å². The van der Waals surface area contributed by atoms with Crippen molar-refractivity contribution >= 4 is 11.9 Å². The summed E-state index contributed by atoms with van der Waals surface area (Å²) in [7, 11) is 0. The van der Waals surface area contributed by atoms with E-state index < -0.39 is 0 Å². The Morgan fingerprint density at radius 3 is 2.83 bits per heavy atom. The molecule has 5 heterocycles. The molecular weight excluding hydrogens is 374 g/mol. The number of anilines is 1. The van der Waals surface area contributed by atoms with Gasteiger partial charge in [0.1, 0.15) is 6.26 Å². The van der Waals surface area contributed by atoms with Crippen LogP contribution in [0.3, 0.4) is 0 Å². The molecule has 2 fully saturated rings. The number of amides is 1. The van der Waals surface area contributed by atoms with E-state index in [-0.39, 0.29) is 23.5 Å². The van der Waals surface area contributed by atoms with E-state index in [2.05, 4.69) is 28.9 Å². The van der Waals surface area contributed by atoms with Crippen LogP contribution in [0.5, 0.6) is 0 Å². The third kappa shape index (κ3) is 3.28. The van der Waals surface area contributed by atoms with Gasteiger partial charge >= 0.3 is 0 Å². The van der Waals surface area contributed by atoms with E-state index in [1.165, 1.54) is 12.5 Å². The summed E-state index contributed by atoms with van der Waals surface area (Å²) in [5, 5.41) is 3.65. The quantitative estimate of drug-likeness (QED) is 0.748. The zero-order valence-corrected chi connectivity index (χ0v) is 16.7. The third-order valence-electron chi connectivity index (χ3n) is 6.01. The molecule has 3 aliphatic heterocycles. The van der Waals surface area contributed by atoms with E-state index in [9.17, 15) is 4.79 Å². The first kappa shape index (κ1) is 18.5. The van der Waals surface area contributed by atoms with E-state index in [4.69, 9.17) is 19.0 Å². The molecule has 3 atom stereocenters. The molecule has 2 aromatic rings. The number of likely N-dealkylation sites (tertiary alicyclic amines) is 1. The van der Waals surface area contributed by atoms with Gasteiger partial charge in [0.2, 0.25) is 5.95 Å². The molecule has 2 aromatic heterocycles. The van der Waals surface area contributed by atoms with Gasteiger partial charge in [-0.25, -0.2) is 9.97 Å². The zero-order chi connectivity index (χ0) is 20.0. The Morgan fingerprint density at radius 2 is 2.07 bits per heavy atom. The SMILES string of the molecule is C[C@H]1CN(c2ncc3c(n2)[C@]2(CCN(C(=O)c4cnoc4)C2)COC3)C[C@H](C)O1. The van der Waals surface area contributed by atoms with Crippen LogP contribution in [0.1, 0.15) is 41.9 Å². The first-order valence-electron chi connectivity index (χ1n) is 10.1. The molecule has 0 aliphatic carbocycles. The molecule has 0 N–H and O–H groups in total. The molecule has 29 heavy (non-hydrogen) atoms. The van der Waals surface area contributed by atoms with Crippen LogP contribution in [0, 0.1) is 0 Å². The zero-order valence-electron chi connectivity index (χ0n) is 16.7. The van der Waals surface area contributed by atoms with Crippen molar-refractivity contribution in [3.8, 4) is 0 Å². The van der Waals surface area contributed by atoms with Crippen LogP contribution in [-0.4, -0.2) is 70.9 Å². The molecule has 9 nitrogen and oxygen atoms in total. The fourth-order valence-corrected chi connectivity index (χ4v) is 4.73. The van der Waals surface area contributed by atoms with Crippen LogP contribution < -0.4 is 4.90 Å². The fraction of sp³-hybridized carbons (Fsp3) is 0.600. The Balaban J connectivity index is 1.43. The molecule has 3 aliphatic rings. The van der Waals surface area contributed by atoms with Gasteiger partial charge in [-0.2, -0.15) is 0 Å². The van der Waals surface area contributed by atoms with Crippen LogP contribution in [-0.2, 0) is 21.5 Å². The van der Waals surface area contributed by atoms with E-state index in [1.54, 1.807) is 0 Å². The molecule has 154 valence electrons. The lowest BCUT2D eigenvalue weighted by molar-refractivity contribution is -0.00584. The highest BCUT2D eigenvalue weighted by Gasteiger charge is 2.46. The maximum atomic E-state index is 12.8. The number of fused-ring (bicyclic) bond motifs is 2. The molecule has 2 saturated heterocycles.